The minimum atomic E-state index is -0.943. The molecule has 0 spiro atoms. The first-order chi connectivity index (χ1) is 12.0. The quantitative estimate of drug-likeness (QED) is 0.628. The average Bonchev–Trinajstić information content (AvgIpc) is 2.62. The fourth-order valence-corrected chi connectivity index (χ4v) is 3.24. The highest BCUT2D eigenvalue weighted by Gasteiger charge is 2.33. The highest BCUT2D eigenvalue weighted by Crippen LogP contribution is 2.33. The topological polar surface area (TPSA) is 92.4 Å². The molecule has 124 valence electrons. The number of aliphatic hydroxyl groups is 1. The van der Waals surface area contributed by atoms with E-state index in [1.54, 1.807) is 54.6 Å². The van der Waals surface area contributed by atoms with Gasteiger partial charge in [0.2, 0.25) is 0 Å². The first-order valence-electron chi connectivity index (χ1n) is 7.95. The number of benzene rings is 2. The second-order valence-corrected chi connectivity index (χ2v) is 6.26. The number of rotatable bonds is 2. The summed E-state index contributed by atoms with van der Waals surface area (Å²) in [4.78, 5) is 25.7. The number of hydrogen-bond acceptors (Lipinski definition) is 5. The van der Waals surface area contributed by atoms with Gasteiger partial charge >= 0.3 is 0 Å². The third-order valence-corrected chi connectivity index (χ3v) is 4.52. The van der Waals surface area contributed by atoms with Crippen molar-refractivity contribution >= 4 is 17.3 Å². The van der Waals surface area contributed by atoms with E-state index >= 15 is 0 Å². The minimum absolute atomic E-state index is 0.151. The van der Waals surface area contributed by atoms with Gasteiger partial charge in [-0.25, -0.2) is 0 Å². The summed E-state index contributed by atoms with van der Waals surface area (Å²) < 4.78 is 0. The van der Waals surface area contributed by atoms with E-state index in [1.165, 1.54) is 6.08 Å². The summed E-state index contributed by atoms with van der Waals surface area (Å²) in [6.07, 6.45) is 5.11. The monoisotopic (exact) mass is 332 g/mol. The zero-order valence-electron chi connectivity index (χ0n) is 13.3. The van der Waals surface area contributed by atoms with Gasteiger partial charge in [-0.3, -0.25) is 9.59 Å². The van der Waals surface area contributed by atoms with Gasteiger partial charge in [0.15, 0.2) is 11.6 Å². The first-order valence-corrected chi connectivity index (χ1v) is 7.95. The van der Waals surface area contributed by atoms with Crippen LogP contribution in [0.25, 0.3) is 0 Å². The van der Waals surface area contributed by atoms with Crippen molar-refractivity contribution in [1.29, 1.82) is 0 Å². The lowest BCUT2D eigenvalue weighted by molar-refractivity contribution is 0.0979. The molecule has 2 aliphatic rings. The Morgan fingerprint density at radius 2 is 1.64 bits per heavy atom. The average molecular weight is 332 g/mol. The molecule has 4 N–H and O–H groups in total. The molecular weight excluding hydrogens is 316 g/mol. The number of aliphatic hydroxyl groups excluding tert-OH is 1. The SMILES string of the molecule is NC1(Nc2cccc3c2C(=O)c2ccccc2C3=O)C=CC(O)=CC1. The fraction of sp³-hybridized carbons (Fsp3) is 0.100. The van der Waals surface area contributed by atoms with Gasteiger partial charge < -0.3 is 16.2 Å². The number of fused-ring (bicyclic) bond motifs is 2. The van der Waals surface area contributed by atoms with E-state index in [2.05, 4.69) is 5.32 Å². The number of hydrogen-bond donors (Lipinski definition) is 3. The van der Waals surface area contributed by atoms with Crippen molar-refractivity contribution in [2.75, 3.05) is 5.32 Å². The molecule has 0 aromatic heterocycles. The maximum atomic E-state index is 13.0. The van der Waals surface area contributed by atoms with E-state index in [-0.39, 0.29) is 17.3 Å². The predicted octanol–water partition coefficient (Wildman–Crippen LogP) is 2.93. The molecule has 0 saturated heterocycles. The third-order valence-electron chi connectivity index (χ3n) is 4.52. The summed E-state index contributed by atoms with van der Waals surface area (Å²) in [5.41, 5.74) is 7.40. The van der Waals surface area contributed by atoms with Crippen LogP contribution in [0.1, 0.15) is 38.3 Å². The summed E-state index contributed by atoms with van der Waals surface area (Å²) in [6, 6.07) is 11.9. The number of anilines is 1. The van der Waals surface area contributed by atoms with Gasteiger partial charge in [0, 0.05) is 28.8 Å². The smallest absolute Gasteiger partial charge is 0.196 e. The zero-order chi connectivity index (χ0) is 17.6. The summed E-state index contributed by atoms with van der Waals surface area (Å²) in [5.74, 6) is -0.218. The summed E-state index contributed by atoms with van der Waals surface area (Å²) in [5, 5.41) is 12.6. The molecule has 5 heteroatoms. The molecule has 1 unspecified atom stereocenters. The van der Waals surface area contributed by atoms with Crippen LogP contribution in [0.2, 0.25) is 0 Å². The number of carbonyl (C=O) groups excluding carboxylic acids is 2. The molecule has 0 radical (unpaired) electrons. The van der Waals surface area contributed by atoms with Crippen molar-refractivity contribution in [3.05, 3.63) is 88.7 Å². The van der Waals surface area contributed by atoms with Crippen molar-refractivity contribution in [1.82, 2.24) is 0 Å². The maximum absolute atomic E-state index is 13.0. The van der Waals surface area contributed by atoms with Gasteiger partial charge in [-0.15, -0.1) is 0 Å². The molecule has 4 rings (SSSR count). The highest BCUT2D eigenvalue weighted by molar-refractivity contribution is 6.30. The van der Waals surface area contributed by atoms with Gasteiger partial charge in [-0.2, -0.15) is 0 Å². The Morgan fingerprint density at radius 1 is 0.960 bits per heavy atom. The second kappa shape index (κ2) is 5.43. The van der Waals surface area contributed by atoms with Crippen molar-refractivity contribution in [2.24, 2.45) is 5.73 Å². The lowest BCUT2D eigenvalue weighted by Gasteiger charge is -2.31. The Bertz CT molecular complexity index is 975. The number of carbonyl (C=O) groups is 2. The largest absolute Gasteiger partial charge is 0.508 e. The Morgan fingerprint density at radius 3 is 2.32 bits per heavy atom. The third kappa shape index (κ3) is 2.45. The van der Waals surface area contributed by atoms with Crippen molar-refractivity contribution in [2.45, 2.75) is 12.1 Å². The molecule has 0 aliphatic heterocycles. The number of nitrogens with one attached hydrogen (secondary N) is 1. The molecule has 5 nitrogen and oxygen atoms in total. The standard InChI is InChI=1S/C20H16N2O3/c21-20(10-8-12(23)9-11-20)22-16-7-3-6-15-17(16)19(25)14-5-2-1-4-13(14)18(15)24/h1-10,22-23H,11,21H2. The van der Waals surface area contributed by atoms with Crippen LogP contribution in [0.4, 0.5) is 5.69 Å². The Labute approximate surface area is 144 Å². The van der Waals surface area contributed by atoms with Gasteiger partial charge in [-0.05, 0) is 24.3 Å². The van der Waals surface area contributed by atoms with Crippen LogP contribution >= 0.6 is 0 Å². The molecule has 0 heterocycles. The Kier molecular flexibility index (Phi) is 3.33. The molecule has 1 atom stereocenters. The van der Waals surface area contributed by atoms with E-state index in [4.69, 9.17) is 5.73 Å². The normalized spacial score (nSPS) is 21.4. The number of ketones is 2. The van der Waals surface area contributed by atoms with Crippen molar-refractivity contribution in [3.63, 3.8) is 0 Å². The lowest BCUT2D eigenvalue weighted by Crippen LogP contribution is -2.46. The van der Waals surface area contributed by atoms with E-state index < -0.39 is 5.66 Å². The summed E-state index contributed by atoms with van der Waals surface area (Å²) in [6.45, 7) is 0. The lowest BCUT2D eigenvalue weighted by atomic mass is 9.83. The predicted molar refractivity (Wildman–Crippen MR) is 94.8 cm³/mol. The van der Waals surface area contributed by atoms with Crippen molar-refractivity contribution < 1.29 is 14.7 Å². The van der Waals surface area contributed by atoms with E-state index in [0.717, 1.165) is 0 Å². The number of allylic oxidation sites excluding steroid dienone is 1. The van der Waals surface area contributed by atoms with E-state index in [9.17, 15) is 14.7 Å². The molecule has 0 saturated carbocycles. The molecule has 25 heavy (non-hydrogen) atoms. The van der Waals surface area contributed by atoms with Crippen LogP contribution < -0.4 is 11.1 Å². The van der Waals surface area contributed by atoms with Crippen LogP contribution in [0.5, 0.6) is 0 Å². The van der Waals surface area contributed by atoms with Gasteiger partial charge in [0.25, 0.3) is 0 Å². The van der Waals surface area contributed by atoms with E-state index in [0.29, 0.717) is 34.4 Å². The summed E-state index contributed by atoms with van der Waals surface area (Å²) in [7, 11) is 0. The van der Waals surface area contributed by atoms with Crippen molar-refractivity contribution in [3.8, 4) is 0 Å². The molecule has 0 amide bonds. The molecular formula is C20H16N2O3. The molecule has 2 aromatic rings. The van der Waals surface area contributed by atoms with Crippen LogP contribution in [0.3, 0.4) is 0 Å². The molecule has 2 aliphatic carbocycles. The second-order valence-electron chi connectivity index (χ2n) is 6.26. The Hall–Kier alpha value is -3.18. The van der Waals surface area contributed by atoms with Gasteiger partial charge in [0.1, 0.15) is 11.4 Å². The molecule has 0 fully saturated rings. The van der Waals surface area contributed by atoms with E-state index in [1.807, 2.05) is 0 Å². The fourth-order valence-electron chi connectivity index (χ4n) is 3.24. The molecule has 0 bridgehead atoms. The first kappa shape index (κ1) is 15.4. The zero-order valence-corrected chi connectivity index (χ0v) is 13.3. The number of nitrogens with two attached hydrogens (primary N) is 1. The van der Waals surface area contributed by atoms with Crippen LogP contribution in [0.15, 0.2) is 66.5 Å². The molecule has 2 aromatic carbocycles. The minimum Gasteiger partial charge on any atom is -0.508 e. The van der Waals surface area contributed by atoms with Gasteiger partial charge in [0.05, 0.1) is 5.56 Å². The Balaban J connectivity index is 1.79. The maximum Gasteiger partial charge on any atom is 0.196 e. The highest BCUT2D eigenvalue weighted by atomic mass is 16.3. The van der Waals surface area contributed by atoms with Crippen LogP contribution in [0, 0.1) is 0 Å². The van der Waals surface area contributed by atoms with Crippen LogP contribution in [-0.4, -0.2) is 22.3 Å². The van der Waals surface area contributed by atoms with Crippen LogP contribution in [-0.2, 0) is 0 Å². The van der Waals surface area contributed by atoms with Gasteiger partial charge in [-0.1, -0.05) is 36.4 Å². The summed E-state index contributed by atoms with van der Waals surface area (Å²) >= 11 is 0.